The molecule has 3 N–H and O–H groups in total. The van der Waals surface area contributed by atoms with E-state index in [1.165, 1.54) is 6.07 Å². The Morgan fingerprint density at radius 2 is 2.23 bits per heavy atom. The van der Waals surface area contributed by atoms with Gasteiger partial charge in [-0.25, -0.2) is 4.39 Å². The highest BCUT2D eigenvalue weighted by molar-refractivity contribution is 14.1. The van der Waals surface area contributed by atoms with E-state index in [0.717, 1.165) is 3.57 Å². The fourth-order valence-electron chi connectivity index (χ4n) is 1.05. The van der Waals surface area contributed by atoms with Gasteiger partial charge in [-0.15, -0.1) is 0 Å². The molecule has 0 aliphatic carbocycles. The third-order valence-electron chi connectivity index (χ3n) is 1.72. The van der Waals surface area contributed by atoms with Crippen molar-refractivity contribution in [3.63, 3.8) is 0 Å². The van der Waals surface area contributed by atoms with E-state index in [2.05, 4.69) is 22.6 Å². The summed E-state index contributed by atoms with van der Waals surface area (Å²) < 4.78 is 14.1. The Kier molecular flexibility index (Phi) is 4.08. The number of hydrogen-bond acceptors (Lipinski definition) is 2. The highest BCUT2D eigenvalue weighted by Crippen LogP contribution is 2.13. The van der Waals surface area contributed by atoms with Crippen LogP contribution in [0.1, 0.15) is 5.56 Å². The maximum absolute atomic E-state index is 13.1. The first-order valence-electron chi connectivity index (χ1n) is 3.94. The second-order valence-corrected chi connectivity index (χ2v) is 4.13. The van der Waals surface area contributed by atoms with Crippen molar-refractivity contribution in [2.24, 2.45) is 5.73 Å². The van der Waals surface area contributed by atoms with Crippen LogP contribution in [-0.2, 0) is 6.42 Å². The molecule has 0 bridgehead atoms. The zero-order valence-electron chi connectivity index (χ0n) is 7.00. The Labute approximate surface area is 90.1 Å². The van der Waals surface area contributed by atoms with E-state index in [1.54, 1.807) is 12.1 Å². The van der Waals surface area contributed by atoms with Crippen LogP contribution in [0.3, 0.4) is 0 Å². The lowest BCUT2D eigenvalue weighted by molar-refractivity contribution is 0.264. The van der Waals surface area contributed by atoms with Crippen molar-refractivity contribution < 1.29 is 9.50 Å². The van der Waals surface area contributed by atoms with Crippen molar-refractivity contribution in [2.75, 3.05) is 6.61 Å². The summed E-state index contributed by atoms with van der Waals surface area (Å²) >= 11 is 2.11. The molecule has 0 radical (unpaired) electrons. The number of benzene rings is 1. The lowest BCUT2D eigenvalue weighted by atomic mass is 10.1. The van der Waals surface area contributed by atoms with Gasteiger partial charge in [0.2, 0.25) is 0 Å². The predicted molar refractivity (Wildman–Crippen MR) is 57.9 cm³/mol. The molecule has 1 aromatic rings. The second kappa shape index (κ2) is 4.88. The number of aliphatic hydroxyl groups is 1. The predicted octanol–water partition coefficient (Wildman–Crippen LogP) is 1.29. The van der Waals surface area contributed by atoms with Crippen molar-refractivity contribution in [1.29, 1.82) is 0 Å². The highest BCUT2D eigenvalue weighted by Gasteiger charge is 2.07. The monoisotopic (exact) mass is 295 g/mol. The molecule has 2 nitrogen and oxygen atoms in total. The molecule has 0 amide bonds. The Balaban J connectivity index is 2.81. The number of hydrogen-bond donors (Lipinski definition) is 2. The summed E-state index contributed by atoms with van der Waals surface area (Å²) in [6.07, 6.45) is 0.374. The Morgan fingerprint density at radius 1 is 1.54 bits per heavy atom. The highest BCUT2D eigenvalue weighted by atomic mass is 127. The van der Waals surface area contributed by atoms with E-state index in [4.69, 9.17) is 10.8 Å². The quantitative estimate of drug-likeness (QED) is 0.826. The molecule has 13 heavy (non-hydrogen) atoms. The molecule has 0 saturated carbocycles. The fraction of sp³-hybridized carbons (Fsp3) is 0.333. The van der Waals surface area contributed by atoms with Crippen LogP contribution in [0, 0.1) is 9.39 Å². The molecule has 1 unspecified atom stereocenters. The van der Waals surface area contributed by atoms with Crippen molar-refractivity contribution in [1.82, 2.24) is 0 Å². The zero-order chi connectivity index (χ0) is 9.84. The van der Waals surface area contributed by atoms with E-state index < -0.39 is 0 Å². The Hall–Kier alpha value is -0.200. The standard InChI is InChI=1S/C9H11FINO/c10-9-2-1-7(11)3-6(9)4-8(12)5-13/h1-3,8,13H,4-5,12H2. The van der Waals surface area contributed by atoms with Gasteiger partial charge in [0.15, 0.2) is 0 Å². The lowest BCUT2D eigenvalue weighted by Gasteiger charge is -2.08. The molecule has 4 heteroatoms. The van der Waals surface area contributed by atoms with Crippen molar-refractivity contribution in [2.45, 2.75) is 12.5 Å². The first-order valence-corrected chi connectivity index (χ1v) is 5.01. The average Bonchev–Trinajstić information content (AvgIpc) is 2.11. The van der Waals surface area contributed by atoms with Gasteiger partial charge in [0.25, 0.3) is 0 Å². The van der Waals surface area contributed by atoms with Crippen LogP contribution >= 0.6 is 22.6 Å². The summed E-state index contributed by atoms with van der Waals surface area (Å²) in [5, 5.41) is 8.71. The van der Waals surface area contributed by atoms with Crippen LogP contribution in [-0.4, -0.2) is 17.8 Å². The van der Waals surface area contributed by atoms with E-state index in [0.29, 0.717) is 12.0 Å². The molecule has 0 spiro atoms. The number of rotatable bonds is 3. The normalized spacial score (nSPS) is 12.9. The van der Waals surface area contributed by atoms with E-state index in [1.807, 2.05) is 0 Å². The van der Waals surface area contributed by atoms with Crippen LogP contribution in [0.5, 0.6) is 0 Å². The first-order chi connectivity index (χ1) is 6.13. The molecule has 1 atom stereocenters. The summed E-state index contributed by atoms with van der Waals surface area (Å²) in [7, 11) is 0. The topological polar surface area (TPSA) is 46.2 Å². The van der Waals surface area contributed by atoms with Gasteiger partial charge in [-0.05, 0) is 52.8 Å². The minimum atomic E-state index is -0.382. The Morgan fingerprint density at radius 3 is 2.85 bits per heavy atom. The molecular weight excluding hydrogens is 284 g/mol. The average molecular weight is 295 g/mol. The molecular formula is C9H11FINO. The van der Waals surface area contributed by atoms with E-state index in [9.17, 15) is 4.39 Å². The minimum Gasteiger partial charge on any atom is -0.395 e. The molecule has 0 saturated heterocycles. The summed E-state index contributed by atoms with van der Waals surface area (Å²) in [6, 6.07) is 4.48. The van der Waals surface area contributed by atoms with E-state index in [-0.39, 0.29) is 18.5 Å². The second-order valence-electron chi connectivity index (χ2n) is 2.88. The summed E-state index contributed by atoms with van der Waals surface area (Å²) in [4.78, 5) is 0. The number of nitrogens with two attached hydrogens (primary N) is 1. The first kappa shape index (κ1) is 10.9. The van der Waals surface area contributed by atoms with Gasteiger partial charge in [0.05, 0.1) is 6.61 Å². The number of halogens is 2. The largest absolute Gasteiger partial charge is 0.395 e. The van der Waals surface area contributed by atoms with Gasteiger partial charge in [0, 0.05) is 9.61 Å². The third-order valence-corrected chi connectivity index (χ3v) is 2.40. The fourth-order valence-corrected chi connectivity index (χ4v) is 1.60. The molecule has 1 rings (SSSR count). The molecule has 0 aromatic heterocycles. The molecule has 0 aliphatic heterocycles. The smallest absolute Gasteiger partial charge is 0.126 e. The van der Waals surface area contributed by atoms with Crippen molar-refractivity contribution in [3.8, 4) is 0 Å². The third kappa shape index (κ3) is 3.21. The molecule has 1 aromatic carbocycles. The van der Waals surface area contributed by atoms with Crippen LogP contribution in [0.4, 0.5) is 4.39 Å². The summed E-state index contributed by atoms with van der Waals surface area (Å²) in [5.41, 5.74) is 6.07. The van der Waals surface area contributed by atoms with Crippen LogP contribution in [0.25, 0.3) is 0 Å². The molecule has 0 heterocycles. The van der Waals surface area contributed by atoms with Gasteiger partial charge in [-0.1, -0.05) is 0 Å². The zero-order valence-corrected chi connectivity index (χ0v) is 9.16. The van der Waals surface area contributed by atoms with Gasteiger partial charge in [-0.2, -0.15) is 0 Å². The van der Waals surface area contributed by atoms with Crippen LogP contribution in [0.15, 0.2) is 18.2 Å². The molecule has 0 aliphatic rings. The van der Waals surface area contributed by atoms with Gasteiger partial charge in [0.1, 0.15) is 5.82 Å². The number of aliphatic hydroxyl groups excluding tert-OH is 1. The summed E-state index contributed by atoms with van der Waals surface area (Å²) in [5.74, 6) is -0.260. The van der Waals surface area contributed by atoms with Crippen LogP contribution < -0.4 is 5.73 Å². The maximum Gasteiger partial charge on any atom is 0.126 e. The minimum absolute atomic E-state index is 0.120. The summed E-state index contributed by atoms with van der Waals surface area (Å²) in [6.45, 7) is -0.120. The van der Waals surface area contributed by atoms with Gasteiger partial charge >= 0.3 is 0 Å². The van der Waals surface area contributed by atoms with Crippen LogP contribution in [0.2, 0.25) is 0 Å². The SMILES string of the molecule is NC(CO)Cc1cc(I)ccc1F. The van der Waals surface area contributed by atoms with E-state index >= 15 is 0 Å². The molecule has 72 valence electrons. The maximum atomic E-state index is 13.1. The van der Waals surface area contributed by atoms with Gasteiger partial charge < -0.3 is 10.8 Å². The van der Waals surface area contributed by atoms with Gasteiger partial charge in [-0.3, -0.25) is 0 Å². The molecule has 0 fully saturated rings. The van der Waals surface area contributed by atoms with Crippen molar-refractivity contribution in [3.05, 3.63) is 33.1 Å². The lowest BCUT2D eigenvalue weighted by Crippen LogP contribution is -2.27. The Bertz CT molecular complexity index is 293. The van der Waals surface area contributed by atoms with Crippen molar-refractivity contribution >= 4 is 22.6 Å².